The molecule has 1 aromatic heterocycles. The minimum atomic E-state index is -0.981. The normalized spacial score (nSPS) is 11.1. The molecule has 0 aliphatic heterocycles. The lowest BCUT2D eigenvalue weighted by Gasteiger charge is -2.08. The molecular weight excluding hydrogens is 392 g/mol. The van der Waals surface area contributed by atoms with Gasteiger partial charge in [0, 0.05) is 24.0 Å². The summed E-state index contributed by atoms with van der Waals surface area (Å²) in [6.07, 6.45) is 3.46. The Morgan fingerprint density at radius 3 is 2.67 bits per heavy atom. The van der Waals surface area contributed by atoms with E-state index >= 15 is 0 Å². The van der Waals surface area contributed by atoms with Crippen LogP contribution in [-0.4, -0.2) is 23.1 Å². The van der Waals surface area contributed by atoms with E-state index in [-0.39, 0.29) is 11.3 Å². The first-order valence-electron chi connectivity index (χ1n) is 9.47. The number of ether oxygens (including phenoxy) is 1. The second kappa shape index (κ2) is 10.3. The van der Waals surface area contributed by atoms with Crippen LogP contribution in [0.5, 0.6) is 0 Å². The number of amides is 1. The fourth-order valence-electron chi connectivity index (χ4n) is 2.91. The Labute approximate surface area is 173 Å². The van der Waals surface area contributed by atoms with Gasteiger partial charge < -0.3 is 14.6 Å². The molecule has 1 amide bonds. The molecule has 2 aromatic rings. The van der Waals surface area contributed by atoms with Gasteiger partial charge in [0.25, 0.3) is 5.91 Å². The molecule has 6 nitrogen and oxygen atoms in total. The highest BCUT2D eigenvalue weighted by Gasteiger charge is 2.16. The Bertz CT molecular complexity index is 1020. The zero-order valence-electron chi connectivity index (χ0n) is 17.1. The molecule has 0 spiro atoms. The Hall–Kier alpha value is -3.47. The summed E-state index contributed by atoms with van der Waals surface area (Å²) in [5, 5.41) is 11.4. The van der Waals surface area contributed by atoms with Crippen LogP contribution in [0.1, 0.15) is 36.7 Å². The van der Waals surface area contributed by atoms with Crippen LogP contribution in [0.4, 0.5) is 14.5 Å². The molecule has 0 unspecified atom stereocenters. The number of carbonyl (C=O) groups excluding carboxylic acids is 2. The van der Waals surface area contributed by atoms with E-state index in [1.807, 2.05) is 19.9 Å². The van der Waals surface area contributed by atoms with E-state index in [0.29, 0.717) is 5.56 Å². The summed E-state index contributed by atoms with van der Waals surface area (Å²) in [5.74, 6) is -3.39. The number of rotatable bonds is 8. The number of carbonyl (C=O) groups is 2. The van der Waals surface area contributed by atoms with Crippen LogP contribution in [-0.2, 0) is 20.9 Å². The summed E-state index contributed by atoms with van der Waals surface area (Å²) in [6, 6.07) is 6.23. The Morgan fingerprint density at radius 2 is 2.00 bits per heavy atom. The third kappa shape index (κ3) is 5.77. The molecule has 2 rings (SSSR count). The maximum Gasteiger partial charge on any atom is 0.349 e. The van der Waals surface area contributed by atoms with E-state index in [9.17, 15) is 23.6 Å². The van der Waals surface area contributed by atoms with E-state index < -0.39 is 30.1 Å². The van der Waals surface area contributed by atoms with Crippen molar-refractivity contribution >= 4 is 23.6 Å². The van der Waals surface area contributed by atoms with Gasteiger partial charge in [0.1, 0.15) is 23.3 Å². The molecule has 0 atom stereocenters. The molecule has 0 aliphatic rings. The number of nitriles is 1. The first kappa shape index (κ1) is 22.8. The Morgan fingerprint density at radius 1 is 1.27 bits per heavy atom. The number of nitrogens with zero attached hydrogens (tertiary/aromatic N) is 2. The smallest absolute Gasteiger partial charge is 0.349 e. The second-order valence-corrected chi connectivity index (χ2v) is 6.75. The molecular formula is C22H23F2N3O3. The standard InChI is InChI=1S/C22H23F2N3O3/c1-4-5-8-27-14(2)9-16(15(27)3)10-17(12-25)22(29)30-13-21(28)26-20-11-18(23)6-7-19(20)24/h6-7,9-11H,4-5,8,13H2,1-3H3,(H,26,28)/b17-10+. The molecule has 1 N–H and O–H groups in total. The Balaban J connectivity index is 2.05. The third-order valence-electron chi connectivity index (χ3n) is 4.53. The average Bonchev–Trinajstić information content (AvgIpc) is 2.98. The first-order valence-corrected chi connectivity index (χ1v) is 9.47. The number of hydrogen-bond acceptors (Lipinski definition) is 4. The number of aryl methyl sites for hydroxylation is 1. The quantitative estimate of drug-likeness (QED) is 0.396. The van der Waals surface area contributed by atoms with Crippen molar-refractivity contribution in [2.45, 2.75) is 40.2 Å². The van der Waals surface area contributed by atoms with E-state index in [0.717, 1.165) is 49.0 Å². The predicted molar refractivity (Wildman–Crippen MR) is 108 cm³/mol. The number of hydrogen-bond donors (Lipinski definition) is 1. The molecule has 0 fully saturated rings. The van der Waals surface area contributed by atoms with E-state index in [4.69, 9.17) is 4.74 Å². The number of esters is 1. The third-order valence-corrected chi connectivity index (χ3v) is 4.53. The SMILES string of the molecule is CCCCn1c(C)cc(/C=C(\C#N)C(=O)OCC(=O)Nc2cc(F)ccc2F)c1C. The van der Waals surface area contributed by atoms with E-state index in [1.165, 1.54) is 6.08 Å². The van der Waals surface area contributed by atoms with Gasteiger partial charge in [0.05, 0.1) is 5.69 Å². The molecule has 158 valence electrons. The lowest BCUT2D eigenvalue weighted by atomic mass is 10.1. The predicted octanol–water partition coefficient (Wildman–Crippen LogP) is 4.27. The fraction of sp³-hybridized carbons (Fsp3) is 0.318. The second-order valence-electron chi connectivity index (χ2n) is 6.75. The number of nitrogens with one attached hydrogen (secondary N) is 1. The van der Waals surface area contributed by atoms with Gasteiger partial charge in [0.2, 0.25) is 0 Å². The van der Waals surface area contributed by atoms with Gasteiger partial charge >= 0.3 is 5.97 Å². The maximum absolute atomic E-state index is 13.6. The monoisotopic (exact) mass is 415 g/mol. The summed E-state index contributed by atoms with van der Waals surface area (Å²) < 4.78 is 33.7. The highest BCUT2D eigenvalue weighted by molar-refractivity contribution is 6.00. The van der Waals surface area contributed by atoms with Crippen LogP contribution in [0.2, 0.25) is 0 Å². The van der Waals surface area contributed by atoms with Gasteiger partial charge in [-0.25, -0.2) is 13.6 Å². The minimum absolute atomic E-state index is 0.268. The van der Waals surface area contributed by atoms with E-state index in [1.54, 1.807) is 6.07 Å². The van der Waals surface area contributed by atoms with Crippen molar-refractivity contribution < 1.29 is 23.1 Å². The number of halogens is 2. The summed E-state index contributed by atoms with van der Waals surface area (Å²) in [6.45, 7) is 6.03. The number of aromatic nitrogens is 1. The van der Waals surface area contributed by atoms with Gasteiger partial charge in [-0.1, -0.05) is 13.3 Å². The van der Waals surface area contributed by atoms with Gasteiger partial charge in [-0.15, -0.1) is 0 Å². The van der Waals surface area contributed by atoms with Crippen molar-refractivity contribution in [1.82, 2.24) is 4.57 Å². The molecule has 0 bridgehead atoms. The van der Waals surface area contributed by atoms with Gasteiger partial charge in [0.15, 0.2) is 6.61 Å². The van der Waals surface area contributed by atoms with Crippen molar-refractivity contribution in [1.29, 1.82) is 5.26 Å². The zero-order chi connectivity index (χ0) is 22.3. The van der Waals surface area contributed by atoms with Crippen LogP contribution in [0.15, 0.2) is 29.8 Å². The summed E-state index contributed by atoms with van der Waals surface area (Å²) in [5.41, 5.74) is 2.00. The highest BCUT2D eigenvalue weighted by Crippen LogP contribution is 2.20. The van der Waals surface area contributed by atoms with Crippen LogP contribution >= 0.6 is 0 Å². The molecule has 0 aliphatic carbocycles. The topological polar surface area (TPSA) is 84.1 Å². The largest absolute Gasteiger partial charge is 0.451 e. The molecule has 1 aromatic carbocycles. The lowest BCUT2D eigenvalue weighted by molar-refractivity contribution is -0.142. The van der Waals surface area contributed by atoms with Crippen molar-refractivity contribution in [3.05, 3.63) is 58.4 Å². The zero-order valence-corrected chi connectivity index (χ0v) is 17.1. The van der Waals surface area contributed by atoms with Crippen LogP contribution < -0.4 is 5.32 Å². The van der Waals surface area contributed by atoms with Gasteiger partial charge in [-0.05, 0) is 50.1 Å². The maximum atomic E-state index is 13.6. The first-order chi connectivity index (χ1) is 14.3. The molecule has 1 heterocycles. The van der Waals surface area contributed by atoms with Crippen molar-refractivity contribution in [2.24, 2.45) is 0 Å². The molecule has 8 heteroatoms. The van der Waals surface area contributed by atoms with Crippen molar-refractivity contribution in [3.8, 4) is 6.07 Å². The number of anilines is 1. The summed E-state index contributed by atoms with van der Waals surface area (Å²) >= 11 is 0. The van der Waals surface area contributed by atoms with Crippen LogP contribution in [0.3, 0.4) is 0 Å². The Kier molecular flexibility index (Phi) is 7.87. The number of unbranched alkanes of at least 4 members (excludes halogenated alkanes) is 1. The van der Waals surface area contributed by atoms with Crippen LogP contribution in [0.25, 0.3) is 6.08 Å². The average molecular weight is 415 g/mol. The summed E-state index contributed by atoms with van der Waals surface area (Å²) in [7, 11) is 0. The highest BCUT2D eigenvalue weighted by atomic mass is 19.1. The van der Waals surface area contributed by atoms with Gasteiger partial charge in [-0.2, -0.15) is 5.26 Å². The van der Waals surface area contributed by atoms with Crippen molar-refractivity contribution in [2.75, 3.05) is 11.9 Å². The van der Waals surface area contributed by atoms with E-state index in [2.05, 4.69) is 16.8 Å². The molecule has 0 radical (unpaired) electrons. The van der Waals surface area contributed by atoms with Gasteiger partial charge in [-0.3, -0.25) is 4.79 Å². The molecule has 0 saturated carbocycles. The number of benzene rings is 1. The molecule has 0 saturated heterocycles. The lowest BCUT2D eigenvalue weighted by Crippen LogP contribution is -2.22. The molecule has 30 heavy (non-hydrogen) atoms. The fourth-order valence-corrected chi connectivity index (χ4v) is 2.91. The summed E-state index contributed by atoms with van der Waals surface area (Å²) in [4.78, 5) is 24.1. The van der Waals surface area contributed by atoms with Crippen LogP contribution in [0, 0.1) is 36.8 Å². The minimum Gasteiger partial charge on any atom is -0.451 e. The van der Waals surface area contributed by atoms with Crippen molar-refractivity contribution in [3.63, 3.8) is 0 Å².